The largest absolute Gasteiger partial charge is 0.497 e. The van der Waals surface area contributed by atoms with Crippen molar-refractivity contribution in [1.82, 2.24) is 10.2 Å². The smallest absolute Gasteiger partial charge is 0.329 e. The van der Waals surface area contributed by atoms with E-state index >= 15 is 0 Å². The fourth-order valence-corrected chi connectivity index (χ4v) is 2.72. The number of urea groups is 1. The summed E-state index contributed by atoms with van der Waals surface area (Å²) in [5.74, 6) is 0.777. The van der Waals surface area contributed by atoms with Crippen LogP contribution in [0.1, 0.15) is 11.1 Å². The zero-order chi connectivity index (χ0) is 18.7. The van der Waals surface area contributed by atoms with Crippen molar-refractivity contribution in [2.24, 2.45) is 0 Å². The summed E-state index contributed by atoms with van der Waals surface area (Å²) < 4.78 is 10.5. The van der Waals surface area contributed by atoms with Crippen molar-refractivity contribution in [3.63, 3.8) is 0 Å². The minimum Gasteiger partial charge on any atom is -0.497 e. The van der Waals surface area contributed by atoms with Gasteiger partial charge in [-0.3, -0.25) is 9.69 Å². The Labute approximate surface area is 156 Å². The summed E-state index contributed by atoms with van der Waals surface area (Å²) in [4.78, 5) is 26.0. The molecule has 0 radical (unpaired) electrons. The van der Waals surface area contributed by atoms with Crippen molar-refractivity contribution < 1.29 is 19.1 Å². The number of imide groups is 1. The first-order chi connectivity index (χ1) is 12.5. The molecule has 1 aliphatic rings. The van der Waals surface area contributed by atoms with Crippen LogP contribution in [0.25, 0.3) is 6.08 Å². The molecule has 7 heteroatoms. The maximum absolute atomic E-state index is 12.6. The van der Waals surface area contributed by atoms with Crippen molar-refractivity contribution in [1.29, 1.82) is 0 Å². The van der Waals surface area contributed by atoms with Gasteiger partial charge in [0.2, 0.25) is 0 Å². The summed E-state index contributed by atoms with van der Waals surface area (Å²) in [6.07, 6.45) is 1.57. The van der Waals surface area contributed by atoms with E-state index in [2.05, 4.69) is 5.32 Å². The van der Waals surface area contributed by atoms with Crippen LogP contribution in [-0.2, 0) is 11.3 Å². The van der Waals surface area contributed by atoms with Gasteiger partial charge in [-0.15, -0.1) is 0 Å². The monoisotopic (exact) mass is 372 g/mol. The number of rotatable bonds is 5. The Bertz CT molecular complexity index is 878. The van der Waals surface area contributed by atoms with E-state index in [-0.39, 0.29) is 12.2 Å². The Morgan fingerprint density at radius 3 is 2.46 bits per heavy atom. The normalized spacial score (nSPS) is 15.3. The zero-order valence-electron chi connectivity index (χ0n) is 14.3. The molecule has 3 amide bonds. The molecule has 1 heterocycles. The van der Waals surface area contributed by atoms with Crippen molar-refractivity contribution in [2.45, 2.75) is 6.54 Å². The number of hydrogen-bond acceptors (Lipinski definition) is 4. The number of ether oxygens (including phenoxy) is 2. The van der Waals surface area contributed by atoms with Crippen LogP contribution in [-0.4, -0.2) is 31.1 Å². The van der Waals surface area contributed by atoms with Gasteiger partial charge in [0.25, 0.3) is 5.91 Å². The van der Waals surface area contributed by atoms with Crippen LogP contribution in [0.15, 0.2) is 48.2 Å². The second-order valence-corrected chi connectivity index (χ2v) is 6.05. The van der Waals surface area contributed by atoms with Gasteiger partial charge in [-0.2, -0.15) is 0 Å². The quantitative estimate of drug-likeness (QED) is 0.644. The van der Waals surface area contributed by atoms with E-state index in [0.29, 0.717) is 22.1 Å². The summed E-state index contributed by atoms with van der Waals surface area (Å²) in [5, 5.41) is 3.19. The van der Waals surface area contributed by atoms with Crippen molar-refractivity contribution in [3.8, 4) is 11.5 Å². The molecule has 0 saturated carbocycles. The van der Waals surface area contributed by atoms with Gasteiger partial charge in [0.15, 0.2) is 0 Å². The molecule has 26 heavy (non-hydrogen) atoms. The SMILES string of the molecule is COc1ccc(OC)c(/C=C2/NC(=O)N(Cc3ccc(Cl)cc3)C2=O)c1. The van der Waals surface area contributed by atoms with E-state index in [4.69, 9.17) is 21.1 Å². The maximum Gasteiger partial charge on any atom is 0.329 e. The number of halogens is 1. The van der Waals surface area contributed by atoms with Gasteiger partial charge in [-0.1, -0.05) is 23.7 Å². The third-order valence-electron chi connectivity index (χ3n) is 3.95. The van der Waals surface area contributed by atoms with Gasteiger partial charge in [0.05, 0.1) is 20.8 Å². The average molecular weight is 373 g/mol. The highest BCUT2D eigenvalue weighted by Gasteiger charge is 2.33. The Morgan fingerprint density at radius 1 is 1.08 bits per heavy atom. The molecule has 0 bridgehead atoms. The summed E-state index contributed by atoms with van der Waals surface area (Å²) in [5.41, 5.74) is 1.61. The van der Waals surface area contributed by atoms with Crippen molar-refractivity contribution in [2.75, 3.05) is 14.2 Å². The van der Waals surface area contributed by atoms with E-state index in [9.17, 15) is 9.59 Å². The molecule has 0 spiro atoms. The van der Waals surface area contributed by atoms with Gasteiger partial charge >= 0.3 is 6.03 Å². The van der Waals surface area contributed by atoms with Gasteiger partial charge in [0, 0.05) is 10.6 Å². The predicted molar refractivity (Wildman–Crippen MR) is 98.1 cm³/mol. The third kappa shape index (κ3) is 3.65. The topological polar surface area (TPSA) is 67.9 Å². The van der Waals surface area contributed by atoms with Crippen LogP contribution < -0.4 is 14.8 Å². The summed E-state index contributed by atoms with van der Waals surface area (Å²) >= 11 is 5.86. The van der Waals surface area contributed by atoms with Gasteiger partial charge in [-0.05, 0) is 42.0 Å². The fraction of sp³-hybridized carbons (Fsp3) is 0.158. The first-order valence-corrected chi connectivity index (χ1v) is 8.20. The highest BCUT2D eigenvalue weighted by atomic mass is 35.5. The van der Waals surface area contributed by atoms with E-state index in [1.54, 1.807) is 55.7 Å². The number of carbonyl (C=O) groups is 2. The van der Waals surface area contributed by atoms with Crippen molar-refractivity contribution >= 4 is 29.6 Å². The lowest BCUT2D eigenvalue weighted by atomic mass is 10.1. The molecular weight excluding hydrogens is 356 g/mol. The van der Waals surface area contributed by atoms with Gasteiger partial charge in [-0.25, -0.2) is 4.79 Å². The van der Waals surface area contributed by atoms with Gasteiger partial charge in [0.1, 0.15) is 17.2 Å². The molecule has 134 valence electrons. The molecule has 1 fully saturated rings. The molecule has 0 aromatic heterocycles. The number of hydrogen-bond donors (Lipinski definition) is 1. The van der Waals surface area contributed by atoms with Crippen LogP contribution in [0, 0.1) is 0 Å². The Kier molecular flexibility index (Phi) is 5.14. The molecular formula is C19H17ClN2O4. The first-order valence-electron chi connectivity index (χ1n) is 7.83. The number of benzene rings is 2. The molecule has 1 saturated heterocycles. The molecule has 2 aromatic rings. The highest BCUT2D eigenvalue weighted by Crippen LogP contribution is 2.27. The summed E-state index contributed by atoms with van der Waals surface area (Å²) in [6, 6.07) is 11.7. The lowest BCUT2D eigenvalue weighted by molar-refractivity contribution is -0.123. The number of nitrogens with one attached hydrogen (secondary N) is 1. The Hall–Kier alpha value is -2.99. The van der Waals surface area contributed by atoms with E-state index < -0.39 is 11.9 Å². The zero-order valence-corrected chi connectivity index (χ0v) is 15.0. The van der Waals surface area contributed by atoms with E-state index in [1.165, 1.54) is 7.11 Å². The third-order valence-corrected chi connectivity index (χ3v) is 4.20. The average Bonchev–Trinajstić information content (AvgIpc) is 2.90. The van der Waals surface area contributed by atoms with E-state index in [0.717, 1.165) is 10.5 Å². The van der Waals surface area contributed by atoms with Crippen LogP contribution in [0.3, 0.4) is 0 Å². The number of methoxy groups -OCH3 is 2. The number of nitrogens with zero attached hydrogens (tertiary/aromatic N) is 1. The Morgan fingerprint density at radius 2 is 1.81 bits per heavy atom. The molecule has 0 aliphatic carbocycles. The fourth-order valence-electron chi connectivity index (χ4n) is 2.60. The molecule has 0 atom stereocenters. The van der Waals surface area contributed by atoms with Gasteiger partial charge < -0.3 is 14.8 Å². The molecule has 6 nitrogen and oxygen atoms in total. The summed E-state index contributed by atoms with van der Waals surface area (Å²) in [6.45, 7) is 0.161. The number of carbonyl (C=O) groups excluding carboxylic acids is 2. The molecule has 0 unspecified atom stereocenters. The first kappa shape index (κ1) is 17.8. The molecule has 1 N–H and O–H groups in total. The Balaban J connectivity index is 1.86. The van der Waals surface area contributed by atoms with Crippen LogP contribution in [0.2, 0.25) is 5.02 Å². The van der Waals surface area contributed by atoms with Crippen molar-refractivity contribution in [3.05, 3.63) is 64.3 Å². The lowest BCUT2D eigenvalue weighted by Crippen LogP contribution is -2.30. The van der Waals surface area contributed by atoms with Crippen LogP contribution in [0.5, 0.6) is 11.5 Å². The van der Waals surface area contributed by atoms with Crippen LogP contribution >= 0.6 is 11.6 Å². The second kappa shape index (κ2) is 7.49. The second-order valence-electron chi connectivity index (χ2n) is 5.61. The lowest BCUT2D eigenvalue weighted by Gasteiger charge is -2.11. The number of amides is 3. The standard InChI is InChI=1S/C19H17ClN2O4/c1-25-15-7-8-17(26-2)13(9-15)10-16-18(23)22(19(24)21-16)11-12-3-5-14(20)6-4-12/h3-10H,11H2,1-2H3,(H,21,24)/b16-10+. The van der Waals surface area contributed by atoms with Crippen LogP contribution in [0.4, 0.5) is 4.79 Å². The maximum atomic E-state index is 12.6. The molecule has 3 rings (SSSR count). The van der Waals surface area contributed by atoms with E-state index in [1.807, 2.05) is 0 Å². The minimum absolute atomic E-state index is 0.161. The summed E-state index contributed by atoms with van der Waals surface area (Å²) in [7, 11) is 3.08. The molecule has 1 aliphatic heterocycles. The predicted octanol–water partition coefficient (Wildman–Crippen LogP) is 3.45. The minimum atomic E-state index is -0.474. The highest BCUT2D eigenvalue weighted by molar-refractivity contribution is 6.30. The molecule has 2 aromatic carbocycles.